The molecule has 0 saturated heterocycles. The van der Waals surface area contributed by atoms with E-state index in [1.807, 2.05) is 43.3 Å². The van der Waals surface area contributed by atoms with Gasteiger partial charge in [0, 0.05) is 37.0 Å². The van der Waals surface area contributed by atoms with Crippen molar-refractivity contribution < 1.29 is 18.7 Å². The number of aryl methyl sites for hydroxylation is 1. The zero-order valence-electron chi connectivity index (χ0n) is 19.0. The maximum atomic E-state index is 13.8. The third kappa shape index (κ3) is 5.58. The van der Waals surface area contributed by atoms with E-state index in [1.165, 1.54) is 12.1 Å². The van der Waals surface area contributed by atoms with Crippen molar-refractivity contribution in [1.29, 1.82) is 0 Å². The molecule has 0 atom stereocenters. The second-order valence-corrected chi connectivity index (χ2v) is 7.68. The molecule has 2 aromatic heterocycles. The maximum absolute atomic E-state index is 13.8. The lowest BCUT2D eigenvalue weighted by molar-refractivity contribution is -0.121. The monoisotopic (exact) mass is 460 g/mol. The van der Waals surface area contributed by atoms with Gasteiger partial charge in [-0.25, -0.2) is 9.07 Å². The Morgan fingerprint density at radius 3 is 2.62 bits per heavy atom. The molecule has 0 aliphatic heterocycles. The van der Waals surface area contributed by atoms with E-state index in [0.717, 1.165) is 22.5 Å². The van der Waals surface area contributed by atoms with Gasteiger partial charge in [-0.05, 0) is 61.4 Å². The first-order valence-corrected chi connectivity index (χ1v) is 10.9. The molecule has 0 spiro atoms. The Hall–Kier alpha value is -4.20. The van der Waals surface area contributed by atoms with Gasteiger partial charge in [0.2, 0.25) is 11.8 Å². The van der Waals surface area contributed by atoms with Crippen LogP contribution in [0.15, 0.2) is 73.1 Å². The van der Waals surface area contributed by atoms with Crippen LogP contribution in [0, 0.1) is 12.7 Å². The SMILES string of the molecule is COc1ccc(-n2nc(C)c(CCC(=O)NCc3cccnc3)c2Oc2cccc(F)c2)cc1. The van der Waals surface area contributed by atoms with Crippen molar-refractivity contribution >= 4 is 5.91 Å². The van der Waals surface area contributed by atoms with Crippen LogP contribution >= 0.6 is 0 Å². The van der Waals surface area contributed by atoms with E-state index in [4.69, 9.17) is 9.47 Å². The van der Waals surface area contributed by atoms with Crippen LogP contribution in [0.25, 0.3) is 5.69 Å². The summed E-state index contributed by atoms with van der Waals surface area (Å²) in [5.74, 6) is 0.995. The molecule has 4 aromatic rings. The Morgan fingerprint density at radius 2 is 1.91 bits per heavy atom. The molecule has 174 valence electrons. The molecular formula is C26H25FN4O3. The summed E-state index contributed by atoms with van der Waals surface area (Å²) in [5.41, 5.74) is 3.18. The van der Waals surface area contributed by atoms with Crippen molar-refractivity contribution in [1.82, 2.24) is 20.1 Å². The van der Waals surface area contributed by atoms with Crippen molar-refractivity contribution in [2.24, 2.45) is 0 Å². The van der Waals surface area contributed by atoms with Crippen molar-refractivity contribution in [3.8, 4) is 23.1 Å². The lowest BCUT2D eigenvalue weighted by atomic mass is 10.1. The number of carbonyl (C=O) groups excluding carboxylic acids is 1. The van der Waals surface area contributed by atoms with Gasteiger partial charge in [0.25, 0.3) is 0 Å². The molecule has 0 unspecified atom stereocenters. The molecule has 0 bridgehead atoms. The fraction of sp³-hybridized carbons (Fsp3) is 0.192. The number of ether oxygens (including phenoxy) is 2. The molecule has 2 aromatic carbocycles. The average molecular weight is 461 g/mol. The van der Waals surface area contributed by atoms with E-state index in [0.29, 0.717) is 30.3 Å². The van der Waals surface area contributed by atoms with Crippen LogP contribution in [0.5, 0.6) is 17.4 Å². The molecule has 4 rings (SSSR count). The van der Waals surface area contributed by atoms with E-state index < -0.39 is 5.82 Å². The normalized spacial score (nSPS) is 10.7. The molecule has 7 nitrogen and oxygen atoms in total. The van der Waals surface area contributed by atoms with Crippen molar-refractivity contribution in [3.05, 3.63) is 95.7 Å². The number of hydrogen-bond donors (Lipinski definition) is 1. The molecule has 34 heavy (non-hydrogen) atoms. The van der Waals surface area contributed by atoms with E-state index >= 15 is 0 Å². The maximum Gasteiger partial charge on any atom is 0.226 e. The highest BCUT2D eigenvalue weighted by atomic mass is 19.1. The molecule has 0 fully saturated rings. The van der Waals surface area contributed by atoms with E-state index in [1.54, 1.807) is 36.3 Å². The van der Waals surface area contributed by atoms with Crippen molar-refractivity contribution in [2.45, 2.75) is 26.3 Å². The Balaban J connectivity index is 1.57. The third-order valence-electron chi connectivity index (χ3n) is 5.28. The number of nitrogens with one attached hydrogen (secondary N) is 1. The van der Waals surface area contributed by atoms with Crippen LogP contribution in [0.1, 0.15) is 23.2 Å². The van der Waals surface area contributed by atoms with Gasteiger partial charge in [-0.2, -0.15) is 5.10 Å². The standard InChI is InChI=1S/C26H25FN4O3/c1-18-24(12-13-25(32)29-17-19-5-4-14-28-16-19)26(34-23-7-3-6-20(27)15-23)31(30-18)21-8-10-22(33-2)11-9-21/h3-11,14-16H,12-13,17H2,1-2H3,(H,29,32). The lowest BCUT2D eigenvalue weighted by Crippen LogP contribution is -2.23. The van der Waals surface area contributed by atoms with Crippen LogP contribution in [0.4, 0.5) is 4.39 Å². The predicted octanol–water partition coefficient (Wildman–Crippen LogP) is 4.76. The highest BCUT2D eigenvalue weighted by Gasteiger charge is 2.20. The summed E-state index contributed by atoms with van der Waals surface area (Å²) in [6.07, 6.45) is 4.06. The van der Waals surface area contributed by atoms with E-state index in [9.17, 15) is 9.18 Å². The number of halogens is 1. The topological polar surface area (TPSA) is 78.3 Å². The van der Waals surface area contributed by atoms with Gasteiger partial charge < -0.3 is 14.8 Å². The molecule has 0 aliphatic carbocycles. The molecule has 0 saturated carbocycles. The minimum absolute atomic E-state index is 0.0999. The number of rotatable bonds is 9. The van der Waals surface area contributed by atoms with Crippen LogP contribution in [0.2, 0.25) is 0 Å². The number of aromatic nitrogens is 3. The Labute approximate surface area is 197 Å². The van der Waals surface area contributed by atoms with Gasteiger partial charge in [0.1, 0.15) is 17.3 Å². The van der Waals surface area contributed by atoms with Crippen LogP contribution in [0.3, 0.4) is 0 Å². The average Bonchev–Trinajstić information content (AvgIpc) is 3.16. The number of amides is 1. The smallest absolute Gasteiger partial charge is 0.226 e. The molecule has 2 heterocycles. The van der Waals surface area contributed by atoms with Crippen LogP contribution < -0.4 is 14.8 Å². The first-order valence-electron chi connectivity index (χ1n) is 10.9. The zero-order valence-corrected chi connectivity index (χ0v) is 19.0. The Bertz CT molecular complexity index is 1260. The second-order valence-electron chi connectivity index (χ2n) is 7.68. The van der Waals surface area contributed by atoms with Crippen molar-refractivity contribution in [2.75, 3.05) is 7.11 Å². The largest absolute Gasteiger partial charge is 0.497 e. The minimum Gasteiger partial charge on any atom is -0.497 e. The molecule has 1 amide bonds. The van der Waals surface area contributed by atoms with E-state index in [2.05, 4.69) is 15.4 Å². The first kappa shape index (κ1) is 23.0. The Kier molecular flexibility index (Phi) is 7.17. The summed E-state index contributed by atoms with van der Waals surface area (Å²) in [7, 11) is 1.60. The number of methoxy groups -OCH3 is 1. The van der Waals surface area contributed by atoms with E-state index in [-0.39, 0.29) is 12.3 Å². The highest BCUT2D eigenvalue weighted by molar-refractivity contribution is 5.76. The number of hydrogen-bond acceptors (Lipinski definition) is 5. The number of pyridine rings is 1. The van der Waals surface area contributed by atoms with Gasteiger partial charge in [0.15, 0.2) is 0 Å². The first-order chi connectivity index (χ1) is 16.5. The summed E-state index contributed by atoms with van der Waals surface area (Å²) in [6, 6.07) is 17.0. The molecule has 8 heteroatoms. The molecule has 0 aliphatic rings. The third-order valence-corrected chi connectivity index (χ3v) is 5.28. The summed E-state index contributed by atoms with van der Waals surface area (Å²) < 4.78 is 26.8. The van der Waals surface area contributed by atoms with Gasteiger partial charge in [-0.3, -0.25) is 9.78 Å². The number of benzene rings is 2. The summed E-state index contributed by atoms with van der Waals surface area (Å²) in [6.45, 7) is 2.27. The van der Waals surface area contributed by atoms with Crippen molar-refractivity contribution in [3.63, 3.8) is 0 Å². The van der Waals surface area contributed by atoms with Gasteiger partial charge in [0.05, 0.1) is 18.5 Å². The fourth-order valence-corrected chi connectivity index (χ4v) is 3.50. The predicted molar refractivity (Wildman–Crippen MR) is 126 cm³/mol. The van der Waals surface area contributed by atoms with Gasteiger partial charge in [-0.15, -0.1) is 0 Å². The number of nitrogens with zero attached hydrogens (tertiary/aromatic N) is 3. The zero-order chi connectivity index (χ0) is 23.9. The number of carbonyl (C=O) groups is 1. The summed E-state index contributed by atoms with van der Waals surface area (Å²) in [5, 5.41) is 7.55. The second kappa shape index (κ2) is 10.6. The molecule has 1 N–H and O–H groups in total. The fourth-order valence-electron chi connectivity index (χ4n) is 3.50. The summed E-state index contributed by atoms with van der Waals surface area (Å²) in [4.78, 5) is 16.6. The molecule has 0 radical (unpaired) electrons. The minimum atomic E-state index is -0.402. The Morgan fingerprint density at radius 1 is 1.09 bits per heavy atom. The summed E-state index contributed by atoms with van der Waals surface area (Å²) >= 11 is 0. The van der Waals surface area contributed by atoms with Gasteiger partial charge in [-0.1, -0.05) is 12.1 Å². The quantitative estimate of drug-likeness (QED) is 0.390. The van der Waals surface area contributed by atoms with Gasteiger partial charge >= 0.3 is 0 Å². The van der Waals surface area contributed by atoms with Crippen LogP contribution in [-0.4, -0.2) is 27.8 Å². The lowest BCUT2D eigenvalue weighted by Gasteiger charge is -2.12. The highest BCUT2D eigenvalue weighted by Crippen LogP contribution is 2.32. The molecular weight excluding hydrogens is 435 g/mol. The van der Waals surface area contributed by atoms with Crippen LogP contribution in [-0.2, 0) is 17.8 Å².